The average molecular weight is 338 g/mol. The number of ether oxygens (including phenoxy) is 1. The van der Waals surface area contributed by atoms with Gasteiger partial charge in [-0.3, -0.25) is 4.79 Å². The monoisotopic (exact) mass is 338 g/mol. The van der Waals surface area contributed by atoms with E-state index >= 15 is 0 Å². The van der Waals surface area contributed by atoms with Crippen molar-refractivity contribution in [2.24, 2.45) is 0 Å². The van der Waals surface area contributed by atoms with Crippen molar-refractivity contribution >= 4 is 17.5 Å². The van der Waals surface area contributed by atoms with Gasteiger partial charge in [0, 0.05) is 31.4 Å². The summed E-state index contributed by atoms with van der Waals surface area (Å²) in [6, 6.07) is 15.3. The molecule has 0 aliphatic heterocycles. The van der Waals surface area contributed by atoms with Gasteiger partial charge in [0.2, 0.25) is 0 Å². The maximum Gasteiger partial charge on any atom is 0.185 e. The molecular weight excluding hydrogens is 312 g/mol. The topological polar surface area (TPSA) is 32.8 Å². The summed E-state index contributed by atoms with van der Waals surface area (Å²) in [4.78, 5) is 16.7. The molecule has 0 saturated heterocycles. The van der Waals surface area contributed by atoms with E-state index in [1.54, 1.807) is 37.5 Å². The maximum atomic E-state index is 12.4. The highest BCUT2D eigenvalue weighted by atomic mass is 16.5. The molecule has 0 saturated carbocycles. The molecule has 0 aliphatic rings. The van der Waals surface area contributed by atoms with E-state index in [2.05, 4.69) is 37.0 Å². The van der Waals surface area contributed by atoms with Crippen molar-refractivity contribution < 1.29 is 9.53 Å². The third kappa shape index (κ3) is 5.47. The van der Waals surface area contributed by atoms with Gasteiger partial charge in [-0.15, -0.1) is 0 Å². The maximum absolute atomic E-state index is 12.4. The summed E-state index contributed by atoms with van der Waals surface area (Å²) in [5.41, 5.74) is 2.80. The first-order chi connectivity index (χ1) is 12.0. The van der Waals surface area contributed by atoms with Crippen LogP contribution in [0.1, 0.15) is 15.9 Å². The van der Waals surface area contributed by atoms with Crippen molar-refractivity contribution in [2.75, 3.05) is 46.2 Å². The zero-order valence-corrected chi connectivity index (χ0v) is 15.4. The summed E-state index contributed by atoms with van der Waals surface area (Å²) >= 11 is 0. The minimum Gasteiger partial charge on any atom is -0.497 e. The molecule has 0 radical (unpaired) electrons. The minimum absolute atomic E-state index is 0.0200. The van der Waals surface area contributed by atoms with Crippen LogP contribution in [-0.4, -0.2) is 52.0 Å². The fraction of sp³-hybridized carbons (Fsp3) is 0.286. The van der Waals surface area contributed by atoms with E-state index < -0.39 is 0 Å². The largest absolute Gasteiger partial charge is 0.497 e. The lowest BCUT2D eigenvalue weighted by Crippen LogP contribution is -2.28. The van der Waals surface area contributed by atoms with E-state index in [4.69, 9.17) is 4.74 Å². The van der Waals surface area contributed by atoms with E-state index in [-0.39, 0.29) is 5.78 Å². The molecule has 0 aromatic heterocycles. The Morgan fingerprint density at radius 3 is 2.32 bits per heavy atom. The summed E-state index contributed by atoms with van der Waals surface area (Å²) in [5.74, 6) is 0.724. The highest BCUT2D eigenvalue weighted by molar-refractivity contribution is 6.07. The predicted octanol–water partition coefficient (Wildman–Crippen LogP) is 3.59. The van der Waals surface area contributed by atoms with Gasteiger partial charge in [-0.2, -0.15) is 0 Å². The summed E-state index contributed by atoms with van der Waals surface area (Å²) < 4.78 is 5.12. The number of carbonyl (C=O) groups is 1. The van der Waals surface area contributed by atoms with Crippen molar-refractivity contribution in [3.63, 3.8) is 0 Å². The number of anilines is 1. The molecule has 0 atom stereocenters. The molecule has 0 aliphatic carbocycles. The molecule has 0 unspecified atom stereocenters. The zero-order valence-electron chi connectivity index (χ0n) is 15.4. The zero-order chi connectivity index (χ0) is 18.2. The molecule has 2 aromatic rings. The van der Waals surface area contributed by atoms with Crippen molar-refractivity contribution in [3.8, 4) is 5.75 Å². The summed E-state index contributed by atoms with van der Waals surface area (Å²) in [5, 5.41) is 0. The van der Waals surface area contributed by atoms with Gasteiger partial charge in [0.1, 0.15) is 5.75 Å². The van der Waals surface area contributed by atoms with Gasteiger partial charge in [0.05, 0.1) is 7.11 Å². The molecular formula is C21H26N2O2. The first kappa shape index (κ1) is 18.7. The fourth-order valence-corrected chi connectivity index (χ4v) is 2.46. The normalized spacial score (nSPS) is 11.1. The molecule has 0 bridgehead atoms. The van der Waals surface area contributed by atoms with Gasteiger partial charge < -0.3 is 14.5 Å². The summed E-state index contributed by atoms with van der Waals surface area (Å²) in [6.07, 6.45) is 3.51. The molecule has 4 heteroatoms. The highest BCUT2D eigenvalue weighted by Gasteiger charge is 2.07. The molecule has 0 spiro atoms. The Hall–Kier alpha value is -2.59. The van der Waals surface area contributed by atoms with Gasteiger partial charge >= 0.3 is 0 Å². The first-order valence-corrected chi connectivity index (χ1v) is 8.32. The Bertz CT molecular complexity index is 721. The minimum atomic E-state index is -0.0200. The second kappa shape index (κ2) is 9.04. The number of methoxy groups -OCH3 is 1. The number of likely N-dealkylation sites (N-methyl/N-ethyl adjacent to an activating group) is 2. The molecule has 25 heavy (non-hydrogen) atoms. The number of rotatable bonds is 8. The lowest BCUT2D eigenvalue weighted by atomic mass is 10.1. The van der Waals surface area contributed by atoms with E-state index in [1.807, 2.05) is 24.3 Å². The van der Waals surface area contributed by atoms with Crippen LogP contribution in [0.2, 0.25) is 0 Å². The van der Waals surface area contributed by atoms with Crippen LogP contribution >= 0.6 is 0 Å². The van der Waals surface area contributed by atoms with Crippen LogP contribution in [0.4, 0.5) is 5.69 Å². The van der Waals surface area contributed by atoms with Gasteiger partial charge in [0.25, 0.3) is 0 Å². The fourth-order valence-electron chi connectivity index (χ4n) is 2.46. The highest BCUT2D eigenvalue weighted by Crippen LogP contribution is 2.21. The molecule has 4 nitrogen and oxygen atoms in total. The Balaban J connectivity index is 2.13. The first-order valence-electron chi connectivity index (χ1n) is 8.32. The number of nitrogens with zero attached hydrogens (tertiary/aromatic N) is 2. The number of hydrogen-bond acceptors (Lipinski definition) is 4. The standard InChI is InChI=1S/C21H26N2O2/c1-22(2)15-16-23(3)20-8-6-5-7-17(20)11-14-21(24)18-9-12-19(25-4)13-10-18/h5-14H,15-16H2,1-4H3. The predicted molar refractivity (Wildman–Crippen MR) is 105 cm³/mol. The number of ketones is 1. The number of para-hydroxylation sites is 1. The third-order valence-corrected chi connectivity index (χ3v) is 4.02. The van der Waals surface area contributed by atoms with Gasteiger partial charge in [-0.1, -0.05) is 18.2 Å². The van der Waals surface area contributed by atoms with Crippen LogP contribution in [0.15, 0.2) is 54.6 Å². The number of hydrogen-bond donors (Lipinski definition) is 0. The van der Waals surface area contributed by atoms with Gasteiger partial charge in [-0.05, 0) is 62.1 Å². The molecule has 0 fully saturated rings. The second-order valence-electron chi connectivity index (χ2n) is 6.21. The molecule has 0 heterocycles. The van der Waals surface area contributed by atoms with Gasteiger partial charge in [0.15, 0.2) is 5.78 Å². The van der Waals surface area contributed by atoms with Crippen molar-refractivity contribution in [1.82, 2.24) is 4.90 Å². The number of carbonyl (C=O) groups excluding carboxylic acids is 1. The Morgan fingerprint density at radius 2 is 1.68 bits per heavy atom. The smallest absolute Gasteiger partial charge is 0.185 e. The molecule has 132 valence electrons. The van der Waals surface area contributed by atoms with Crippen LogP contribution in [0, 0.1) is 0 Å². The van der Waals surface area contributed by atoms with Gasteiger partial charge in [-0.25, -0.2) is 0 Å². The lowest BCUT2D eigenvalue weighted by Gasteiger charge is -2.23. The van der Waals surface area contributed by atoms with Crippen molar-refractivity contribution in [1.29, 1.82) is 0 Å². The quantitative estimate of drug-likeness (QED) is 0.544. The van der Waals surface area contributed by atoms with Crippen molar-refractivity contribution in [2.45, 2.75) is 0 Å². The lowest BCUT2D eigenvalue weighted by molar-refractivity contribution is 0.104. The van der Waals surface area contributed by atoms with Crippen molar-refractivity contribution in [3.05, 3.63) is 65.7 Å². The molecule has 0 N–H and O–H groups in total. The van der Waals surface area contributed by atoms with E-state index in [1.165, 1.54) is 0 Å². The molecule has 2 rings (SSSR count). The third-order valence-electron chi connectivity index (χ3n) is 4.02. The van der Waals surface area contributed by atoms with Crippen LogP contribution in [0.25, 0.3) is 6.08 Å². The Labute approximate surface area is 150 Å². The van der Waals surface area contributed by atoms with Crippen LogP contribution in [-0.2, 0) is 0 Å². The van der Waals surface area contributed by atoms with Crippen LogP contribution < -0.4 is 9.64 Å². The molecule has 2 aromatic carbocycles. The SMILES string of the molecule is COc1ccc(C(=O)C=Cc2ccccc2N(C)CCN(C)C)cc1. The van der Waals surface area contributed by atoms with E-state index in [0.29, 0.717) is 5.56 Å². The second-order valence-corrected chi connectivity index (χ2v) is 6.21. The van der Waals surface area contributed by atoms with E-state index in [9.17, 15) is 4.79 Å². The number of benzene rings is 2. The average Bonchev–Trinajstić information content (AvgIpc) is 2.64. The summed E-state index contributed by atoms with van der Waals surface area (Å²) in [7, 11) is 7.81. The van der Waals surface area contributed by atoms with Crippen LogP contribution in [0.3, 0.4) is 0 Å². The van der Waals surface area contributed by atoms with Crippen LogP contribution in [0.5, 0.6) is 5.75 Å². The van der Waals surface area contributed by atoms with E-state index in [0.717, 1.165) is 30.1 Å². The Morgan fingerprint density at radius 1 is 1.00 bits per heavy atom. The summed E-state index contributed by atoms with van der Waals surface area (Å²) in [6.45, 7) is 1.89. The number of allylic oxidation sites excluding steroid dienone is 1. The molecule has 0 amide bonds. The Kier molecular flexibility index (Phi) is 6.78.